The zero-order valence-electron chi connectivity index (χ0n) is 11.5. The monoisotopic (exact) mass is 302 g/mol. The van der Waals surface area contributed by atoms with Crippen LogP contribution in [0.3, 0.4) is 0 Å². The van der Waals surface area contributed by atoms with Gasteiger partial charge in [0.15, 0.2) is 0 Å². The van der Waals surface area contributed by atoms with Crippen molar-refractivity contribution >= 4 is 16.1 Å². The molecule has 0 heterocycles. The molecule has 1 N–H and O–H groups in total. The molecule has 0 bridgehead atoms. The van der Waals surface area contributed by atoms with Crippen molar-refractivity contribution in [2.45, 2.75) is 31.1 Å². The number of hydrogen-bond acceptors (Lipinski definition) is 5. The number of esters is 1. The van der Waals surface area contributed by atoms with Crippen LogP contribution in [0.15, 0.2) is 23.1 Å². The zero-order chi connectivity index (χ0) is 15.2. The standard InChI is InChI=1S/C13H18O6S/c1-3-8-19-11-5-6-12(20(15,16)17)10(9-11)4-7-13(14)18-2/h5-6,9H,3-4,7-8H2,1-2H3,(H,15,16,17). The van der Waals surface area contributed by atoms with Gasteiger partial charge >= 0.3 is 5.97 Å². The van der Waals surface area contributed by atoms with E-state index in [9.17, 15) is 17.8 Å². The van der Waals surface area contributed by atoms with E-state index < -0.39 is 16.1 Å². The molecule has 0 radical (unpaired) electrons. The van der Waals surface area contributed by atoms with Crippen LogP contribution in [0, 0.1) is 0 Å². The van der Waals surface area contributed by atoms with Gasteiger partial charge in [-0.25, -0.2) is 0 Å². The molecule has 112 valence electrons. The Balaban J connectivity index is 3.03. The lowest BCUT2D eigenvalue weighted by atomic mass is 10.1. The molecule has 0 aliphatic carbocycles. The molecule has 0 atom stereocenters. The highest BCUT2D eigenvalue weighted by atomic mass is 32.2. The summed E-state index contributed by atoms with van der Waals surface area (Å²) in [6.45, 7) is 2.45. The Labute approximate surface area is 118 Å². The number of aryl methyl sites for hydroxylation is 1. The summed E-state index contributed by atoms with van der Waals surface area (Å²) in [5.41, 5.74) is 0.325. The number of methoxy groups -OCH3 is 1. The quantitative estimate of drug-likeness (QED) is 0.610. The minimum Gasteiger partial charge on any atom is -0.494 e. The third kappa shape index (κ3) is 4.82. The molecule has 1 aromatic rings. The first-order valence-corrected chi connectivity index (χ1v) is 7.62. The van der Waals surface area contributed by atoms with Crippen molar-refractivity contribution in [1.82, 2.24) is 0 Å². The van der Waals surface area contributed by atoms with Gasteiger partial charge in [-0.2, -0.15) is 8.42 Å². The van der Waals surface area contributed by atoms with E-state index in [0.29, 0.717) is 17.9 Å². The molecular weight excluding hydrogens is 284 g/mol. The molecule has 0 saturated heterocycles. The zero-order valence-corrected chi connectivity index (χ0v) is 12.3. The molecule has 1 aromatic carbocycles. The van der Waals surface area contributed by atoms with Crippen molar-refractivity contribution in [3.63, 3.8) is 0 Å². The van der Waals surface area contributed by atoms with Crippen LogP contribution in [0.1, 0.15) is 25.3 Å². The predicted molar refractivity (Wildman–Crippen MR) is 72.4 cm³/mol. The first-order chi connectivity index (χ1) is 9.38. The van der Waals surface area contributed by atoms with E-state index in [-0.39, 0.29) is 17.7 Å². The Kier molecular flexibility index (Phi) is 5.97. The Bertz CT molecular complexity index is 564. The second-order valence-electron chi connectivity index (χ2n) is 4.17. The summed E-state index contributed by atoms with van der Waals surface area (Å²) in [4.78, 5) is 10.9. The number of benzene rings is 1. The normalized spacial score (nSPS) is 11.2. The maximum absolute atomic E-state index is 11.3. The average molecular weight is 302 g/mol. The molecule has 0 aliphatic rings. The van der Waals surface area contributed by atoms with Gasteiger partial charge in [-0.15, -0.1) is 0 Å². The van der Waals surface area contributed by atoms with Crippen molar-refractivity contribution in [3.8, 4) is 5.75 Å². The molecule has 0 aromatic heterocycles. The van der Waals surface area contributed by atoms with Gasteiger partial charge in [-0.3, -0.25) is 9.35 Å². The van der Waals surface area contributed by atoms with Gasteiger partial charge in [0.2, 0.25) is 0 Å². The van der Waals surface area contributed by atoms with Crippen LogP contribution in [0.2, 0.25) is 0 Å². The summed E-state index contributed by atoms with van der Waals surface area (Å²) in [5.74, 6) is 0.0466. The van der Waals surface area contributed by atoms with Crippen molar-refractivity contribution in [3.05, 3.63) is 23.8 Å². The van der Waals surface area contributed by atoms with E-state index in [4.69, 9.17) is 4.74 Å². The molecular formula is C13H18O6S. The molecule has 6 nitrogen and oxygen atoms in total. The van der Waals surface area contributed by atoms with Crippen LogP contribution in [0.5, 0.6) is 5.75 Å². The number of rotatable bonds is 7. The van der Waals surface area contributed by atoms with Gasteiger partial charge < -0.3 is 9.47 Å². The lowest BCUT2D eigenvalue weighted by Crippen LogP contribution is -2.07. The molecule has 0 fully saturated rings. The molecule has 0 saturated carbocycles. The molecule has 0 unspecified atom stereocenters. The van der Waals surface area contributed by atoms with Crippen LogP contribution in [0.4, 0.5) is 0 Å². The fourth-order valence-electron chi connectivity index (χ4n) is 1.65. The van der Waals surface area contributed by atoms with E-state index in [2.05, 4.69) is 4.74 Å². The maximum atomic E-state index is 11.3. The number of ether oxygens (including phenoxy) is 2. The minimum atomic E-state index is -4.33. The van der Waals surface area contributed by atoms with Crippen molar-refractivity contribution in [2.24, 2.45) is 0 Å². The Morgan fingerprint density at radius 1 is 1.35 bits per heavy atom. The number of hydrogen-bond donors (Lipinski definition) is 1. The minimum absolute atomic E-state index is 0.0241. The number of carbonyl (C=O) groups excluding carboxylic acids is 1. The van der Waals surface area contributed by atoms with Crippen LogP contribution in [-0.4, -0.2) is 32.7 Å². The predicted octanol–water partition coefficient (Wildman–Crippen LogP) is 1.83. The second-order valence-corrected chi connectivity index (χ2v) is 5.56. The lowest BCUT2D eigenvalue weighted by Gasteiger charge is -2.10. The summed E-state index contributed by atoms with van der Waals surface area (Å²) in [6, 6.07) is 4.26. The third-order valence-corrected chi connectivity index (χ3v) is 3.56. The van der Waals surface area contributed by atoms with Gasteiger partial charge in [-0.05, 0) is 36.6 Å². The van der Waals surface area contributed by atoms with Crippen molar-refractivity contribution in [2.75, 3.05) is 13.7 Å². The summed E-state index contributed by atoms with van der Waals surface area (Å²) < 4.78 is 41.7. The van der Waals surface area contributed by atoms with Gasteiger partial charge in [0, 0.05) is 6.42 Å². The van der Waals surface area contributed by atoms with E-state index >= 15 is 0 Å². The van der Waals surface area contributed by atoms with E-state index in [1.165, 1.54) is 25.3 Å². The van der Waals surface area contributed by atoms with Crippen molar-refractivity contribution < 1.29 is 27.2 Å². The van der Waals surface area contributed by atoms with Gasteiger partial charge in [-0.1, -0.05) is 6.92 Å². The Morgan fingerprint density at radius 3 is 2.60 bits per heavy atom. The second kappa shape index (κ2) is 7.25. The van der Waals surface area contributed by atoms with Gasteiger partial charge in [0.25, 0.3) is 10.1 Å². The van der Waals surface area contributed by atoms with E-state index in [1.807, 2.05) is 6.92 Å². The molecule has 7 heteroatoms. The summed E-state index contributed by atoms with van der Waals surface area (Å²) in [7, 11) is -3.08. The number of carbonyl (C=O) groups is 1. The fraction of sp³-hybridized carbons (Fsp3) is 0.462. The van der Waals surface area contributed by atoms with Crippen LogP contribution >= 0.6 is 0 Å². The summed E-state index contributed by atoms with van der Waals surface area (Å²) in [5, 5.41) is 0. The first-order valence-electron chi connectivity index (χ1n) is 6.18. The third-order valence-electron chi connectivity index (χ3n) is 2.61. The fourth-order valence-corrected chi connectivity index (χ4v) is 2.38. The van der Waals surface area contributed by atoms with Crippen molar-refractivity contribution in [1.29, 1.82) is 0 Å². The summed E-state index contributed by atoms with van der Waals surface area (Å²) >= 11 is 0. The van der Waals surface area contributed by atoms with Crippen LogP contribution < -0.4 is 4.74 Å². The molecule has 0 aliphatic heterocycles. The van der Waals surface area contributed by atoms with E-state index in [0.717, 1.165) is 6.42 Å². The highest BCUT2D eigenvalue weighted by Gasteiger charge is 2.17. The molecule has 1 rings (SSSR count). The SMILES string of the molecule is CCCOc1ccc(S(=O)(=O)O)c(CCC(=O)OC)c1. The van der Waals surface area contributed by atoms with Gasteiger partial charge in [0.1, 0.15) is 5.75 Å². The largest absolute Gasteiger partial charge is 0.494 e. The first kappa shape index (κ1) is 16.5. The Morgan fingerprint density at radius 2 is 2.05 bits per heavy atom. The molecule has 20 heavy (non-hydrogen) atoms. The molecule has 0 amide bonds. The topological polar surface area (TPSA) is 89.9 Å². The highest BCUT2D eigenvalue weighted by Crippen LogP contribution is 2.23. The van der Waals surface area contributed by atoms with Crippen LogP contribution in [0.25, 0.3) is 0 Å². The summed E-state index contributed by atoms with van der Waals surface area (Å²) in [6.07, 6.45) is 0.985. The Hall–Kier alpha value is -1.60. The smallest absolute Gasteiger partial charge is 0.305 e. The van der Waals surface area contributed by atoms with Gasteiger partial charge in [0.05, 0.1) is 18.6 Å². The van der Waals surface area contributed by atoms with E-state index in [1.54, 1.807) is 0 Å². The average Bonchev–Trinajstić information content (AvgIpc) is 2.41. The maximum Gasteiger partial charge on any atom is 0.305 e. The highest BCUT2D eigenvalue weighted by molar-refractivity contribution is 7.85. The molecule has 0 spiro atoms. The van der Waals surface area contributed by atoms with Crippen LogP contribution in [-0.2, 0) is 26.1 Å². The lowest BCUT2D eigenvalue weighted by molar-refractivity contribution is -0.140.